The van der Waals surface area contributed by atoms with E-state index < -0.39 is 0 Å². The molecule has 0 unspecified atom stereocenters. The average molecular weight is 264 g/mol. The zero-order valence-corrected chi connectivity index (χ0v) is 11.7. The van der Waals surface area contributed by atoms with Gasteiger partial charge < -0.3 is 4.90 Å². The molecule has 1 saturated carbocycles. The predicted molar refractivity (Wildman–Crippen MR) is 75.2 cm³/mol. The first-order valence-corrected chi connectivity index (χ1v) is 6.58. The van der Waals surface area contributed by atoms with Crippen LogP contribution in [-0.4, -0.2) is 34.5 Å². The van der Waals surface area contributed by atoms with Crippen LogP contribution in [0, 0.1) is 5.92 Å². The Hall–Kier alpha value is -1.85. The Morgan fingerprint density at radius 2 is 2.05 bits per heavy atom. The van der Waals surface area contributed by atoms with Crippen molar-refractivity contribution in [3.05, 3.63) is 26.9 Å². The fraction of sp³-hybridized carbons (Fsp3) is 0.615. The van der Waals surface area contributed by atoms with Gasteiger partial charge in [-0.15, -0.1) is 0 Å². The molecule has 0 spiro atoms. The molecule has 6 nitrogen and oxygen atoms in total. The van der Waals surface area contributed by atoms with E-state index in [-0.39, 0.29) is 11.2 Å². The van der Waals surface area contributed by atoms with Crippen molar-refractivity contribution in [3.63, 3.8) is 0 Å². The summed E-state index contributed by atoms with van der Waals surface area (Å²) in [5.74, 6) is 0.907. The fourth-order valence-electron chi connectivity index (χ4n) is 1.91. The van der Waals surface area contributed by atoms with Crippen molar-refractivity contribution in [1.29, 1.82) is 0 Å². The van der Waals surface area contributed by atoms with Gasteiger partial charge in [0.2, 0.25) is 0 Å². The second-order valence-electron chi connectivity index (χ2n) is 5.13. The molecule has 0 saturated heterocycles. The van der Waals surface area contributed by atoms with E-state index in [2.05, 4.69) is 4.99 Å². The molecule has 0 aromatic carbocycles. The Morgan fingerprint density at radius 3 is 2.58 bits per heavy atom. The summed E-state index contributed by atoms with van der Waals surface area (Å²) in [6.07, 6.45) is 3.81. The van der Waals surface area contributed by atoms with Crippen molar-refractivity contribution in [2.75, 3.05) is 14.1 Å². The lowest BCUT2D eigenvalue weighted by molar-refractivity contribution is 0.534. The summed E-state index contributed by atoms with van der Waals surface area (Å²) in [7, 11) is 3.68. The zero-order valence-electron chi connectivity index (χ0n) is 11.7. The van der Waals surface area contributed by atoms with Crippen LogP contribution in [0.25, 0.3) is 0 Å². The molecule has 1 aliphatic rings. The van der Waals surface area contributed by atoms with Gasteiger partial charge in [-0.1, -0.05) is 0 Å². The molecular formula is C13H20N4O2. The summed E-state index contributed by atoms with van der Waals surface area (Å²) in [5, 5.41) is 0. The van der Waals surface area contributed by atoms with Crippen LogP contribution in [0.3, 0.4) is 0 Å². The number of hydrogen-bond acceptors (Lipinski definition) is 3. The molecule has 2 rings (SSSR count). The largest absolute Gasteiger partial charge is 0.369 e. The Bertz CT molecular complexity index is 594. The maximum Gasteiger partial charge on any atom is 0.332 e. The van der Waals surface area contributed by atoms with Gasteiger partial charge in [0, 0.05) is 33.3 Å². The molecule has 0 amide bonds. The van der Waals surface area contributed by atoms with Crippen LogP contribution < -0.4 is 11.2 Å². The normalized spacial score (nSPS) is 15.1. The highest BCUT2D eigenvalue weighted by Crippen LogP contribution is 2.29. The van der Waals surface area contributed by atoms with Gasteiger partial charge in [0.25, 0.3) is 5.56 Å². The van der Waals surface area contributed by atoms with Gasteiger partial charge in [0.15, 0.2) is 0 Å². The summed E-state index contributed by atoms with van der Waals surface area (Å²) in [4.78, 5) is 30.2. The van der Waals surface area contributed by atoms with E-state index in [0.29, 0.717) is 24.8 Å². The standard InChI is InChI=1S/C13H20N4O2/c1-4-16-11(14-9-15(2)3)7-12(18)17(13(16)19)8-10-5-6-10/h7,9-10H,4-6,8H2,1-3H3. The van der Waals surface area contributed by atoms with Crippen molar-refractivity contribution >= 4 is 12.2 Å². The molecule has 0 N–H and O–H groups in total. The minimum Gasteiger partial charge on any atom is -0.369 e. The number of nitrogens with zero attached hydrogens (tertiary/aromatic N) is 4. The number of aliphatic imine (C=N–C) groups is 1. The van der Waals surface area contributed by atoms with E-state index in [1.54, 1.807) is 11.2 Å². The SMILES string of the molecule is CCn1c(N=CN(C)C)cc(=O)n(CC2CC2)c1=O. The third-order valence-corrected chi connectivity index (χ3v) is 3.13. The monoisotopic (exact) mass is 264 g/mol. The summed E-state index contributed by atoms with van der Waals surface area (Å²) in [5.41, 5.74) is -0.514. The van der Waals surface area contributed by atoms with Crippen LogP contribution in [0.2, 0.25) is 0 Å². The van der Waals surface area contributed by atoms with E-state index in [1.165, 1.54) is 15.2 Å². The average Bonchev–Trinajstić information content (AvgIpc) is 3.15. The summed E-state index contributed by atoms with van der Waals surface area (Å²) in [6.45, 7) is 2.92. The quantitative estimate of drug-likeness (QED) is 0.580. The minimum atomic E-state index is -0.257. The molecular weight excluding hydrogens is 244 g/mol. The van der Waals surface area contributed by atoms with E-state index in [1.807, 2.05) is 21.0 Å². The molecule has 6 heteroatoms. The van der Waals surface area contributed by atoms with E-state index >= 15 is 0 Å². The fourth-order valence-corrected chi connectivity index (χ4v) is 1.91. The molecule has 0 radical (unpaired) electrons. The van der Waals surface area contributed by atoms with Crippen LogP contribution in [0.15, 0.2) is 20.6 Å². The van der Waals surface area contributed by atoms with Crippen molar-refractivity contribution in [1.82, 2.24) is 14.0 Å². The van der Waals surface area contributed by atoms with Crippen molar-refractivity contribution in [3.8, 4) is 0 Å². The van der Waals surface area contributed by atoms with Crippen LogP contribution in [-0.2, 0) is 13.1 Å². The lowest BCUT2D eigenvalue weighted by Crippen LogP contribution is -2.39. The topological polar surface area (TPSA) is 59.6 Å². The van der Waals surface area contributed by atoms with E-state index in [4.69, 9.17) is 0 Å². The lowest BCUT2D eigenvalue weighted by Gasteiger charge is -2.11. The number of hydrogen-bond donors (Lipinski definition) is 0. The van der Waals surface area contributed by atoms with Gasteiger partial charge in [-0.25, -0.2) is 9.79 Å². The zero-order chi connectivity index (χ0) is 14.0. The first-order valence-electron chi connectivity index (χ1n) is 6.58. The van der Waals surface area contributed by atoms with Crippen molar-refractivity contribution in [2.45, 2.75) is 32.9 Å². The lowest BCUT2D eigenvalue weighted by atomic mass is 10.4. The Morgan fingerprint density at radius 1 is 1.37 bits per heavy atom. The third-order valence-electron chi connectivity index (χ3n) is 3.13. The van der Waals surface area contributed by atoms with Crippen molar-refractivity contribution in [2.24, 2.45) is 10.9 Å². The molecule has 1 fully saturated rings. The summed E-state index contributed by atoms with van der Waals surface area (Å²) >= 11 is 0. The van der Waals surface area contributed by atoms with Crippen molar-refractivity contribution < 1.29 is 0 Å². The highest BCUT2D eigenvalue weighted by molar-refractivity contribution is 5.58. The maximum absolute atomic E-state index is 12.3. The van der Waals surface area contributed by atoms with Gasteiger partial charge in [0.05, 0.1) is 6.34 Å². The third kappa shape index (κ3) is 3.13. The van der Waals surface area contributed by atoms with Crippen LogP contribution in [0.1, 0.15) is 19.8 Å². The van der Waals surface area contributed by atoms with Gasteiger partial charge in [-0.2, -0.15) is 0 Å². The summed E-state index contributed by atoms with van der Waals surface area (Å²) in [6, 6.07) is 1.44. The second kappa shape index (κ2) is 5.42. The second-order valence-corrected chi connectivity index (χ2v) is 5.13. The highest BCUT2D eigenvalue weighted by atomic mass is 16.2. The first-order chi connectivity index (χ1) is 9.02. The number of rotatable bonds is 5. The molecule has 1 heterocycles. The predicted octanol–water partition coefficient (Wildman–Crippen LogP) is 0.661. The first kappa shape index (κ1) is 13.6. The Kier molecular flexibility index (Phi) is 3.87. The van der Waals surface area contributed by atoms with E-state index in [0.717, 1.165) is 12.8 Å². The molecule has 0 aliphatic heterocycles. The smallest absolute Gasteiger partial charge is 0.332 e. The molecule has 1 aliphatic carbocycles. The number of aromatic nitrogens is 2. The molecule has 0 bridgehead atoms. The molecule has 1 aromatic heterocycles. The van der Waals surface area contributed by atoms with Crippen LogP contribution in [0.4, 0.5) is 5.82 Å². The van der Waals surface area contributed by atoms with Gasteiger partial charge in [-0.05, 0) is 25.7 Å². The molecule has 0 atom stereocenters. The van der Waals surface area contributed by atoms with Crippen LogP contribution >= 0.6 is 0 Å². The Balaban J connectivity index is 2.45. The van der Waals surface area contributed by atoms with E-state index in [9.17, 15) is 9.59 Å². The Labute approximate surface area is 112 Å². The highest BCUT2D eigenvalue weighted by Gasteiger charge is 2.23. The van der Waals surface area contributed by atoms with Gasteiger partial charge in [0.1, 0.15) is 5.82 Å². The summed E-state index contributed by atoms with van der Waals surface area (Å²) < 4.78 is 2.86. The van der Waals surface area contributed by atoms with Gasteiger partial charge >= 0.3 is 5.69 Å². The molecule has 1 aromatic rings. The maximum atomic E-state index is 12.3. The molecule has 104 valence electrons. The minimum absolute atomic E-state index is 0.257. The molecule has 19 heavy (non-hydrogen) atoms. The van der Waals surface area contributed by atoms with Crippen LogP contribution in [0.5, 0.6) is 0 Å². The van der Waals surface area contributed by atoms with Gasteiger partial charge in [-0.3, -0.25) is 13.9 Å².